The van der Waals surface area contributed by atoms with Gasteiger partial charge in [0.2, 0.25) is 0 Å². The molecule has 8 heteroatoms. The highest BCUT2D eigenvalue weighted by molar-refractivity contribution is 5.72. The lowest BCUT2D eigenvalue weighted by Gasteiger charge is -2.44. The Morgan fingerprint density at radius 2 is 1.22 bits per heavy atom. The zero-order valence-electron chi connectivity index (χ0n) is 15.2. The first kappa shape index (κ1) is 20.9. The number of carboxylic acids is 3. The van der Waals surface area contributed by atoms with Crippen molar-refractivity contribution in [1.29, 1.82) is 0 Å². The molecular weight excluding hydrogens is 352 g/mol. The van der Waals surface area contributed by atoms with E-state index in [1.54, 1.807) is 0 Å². The first-order valence-corrected chi connectivity index (χ1v) is 9.04. The van der Waals surface area contributed by atoms with Gasteiger partial charge < -0.3 is 15.3 Å². The molecule has 148 valence electrons. The first-order chi connectivity index (χ1) is 12.9. The summed E-state index contributed by atoms with van der Waals surface area (Å²) >= 11 is 0. The van der Waals surface area contributed by atoms with E-state index in [0.29, 0.717) is 19.4 Å². The van der Waals surface area contributed by atoms with E-state index < -0.39 is 17.9 Å². The van der Waals surface area contributed by atoms with Crippen molar-refractivity contribution in [2.75, 3.05) is 19.6 Å². The normalized spacial score (nSPS) is 19.9. The maximum Gasteiger partial charge on any atom is 0.317 e. The second kappa shape index (κ2) is 10.0. The molecule has 1 aromatic carbocycles. The molecule has 1 aliphatic rings. The third-order valence-corrected chi connectivity index (χ3v) is 4.88. The highest BCUT2D eigenvalue weighted by Crippen LogP contribution is 2.28. The average molecular weight is 378 g/mol. The summed E-state index contributed by atoms with van der Waals surface area (Å²) in [4.78, 5) is 37.2. The number of carboxylic acid groups (broad SMARTS) is 3. The van der Waals surface area contributed by atoms with Gasteiger partial charge in [0.15, 0.2) is 0 Å². The molecule has 0 aromatic heterocycles. The Bertz CT molecular complexity index is 635. The fraction of sp³-hybridized carbons (Fsp3) is 0.526. The quantitative estimate of drug-likeness (QED) is 0.558. The van der Waals surface area contributed by atoms with Crippen LogP contribution in [-0.4, -0.2) is 74.7 Å². The van der Waals surface area contributed by atoms with Crippen LogP contribution in [0.2, 0.25) is 0 Å². The van der Waals surface area contributed by atoms with Crippen molar-refractivity contribution < 1.29 is 29.7 Å². The zero-order chi connectivity index (χ0) is 19.8. The number of rotatable bonds is 10. The molecular formula is C19H26N2O6. The molecule has 0 aliphatic heterocycles. The molecule has 0 amide bonds. The van der Waals surface area contributed by atoms with Gasteiger partial charge >= 0.3 is 17.9 Å². The average Bonchev–Trinajstić information content (AvgIpc) is 2.60. The van der Waals surface area contributed by atoms with Crippen molar-refractivity contribution in [1.82, 2.24) is 9.80 Å². The fourth-order valence-corrected chi connectivity index (χ4v) is 3.86. The van der Waals surface area contributed by atoms with Crippen molar-refractivity contribution in [3.8, 4) is 0 Å². The van der Waals surface area contributed by atoms with Gasteiger partial charge in [0.05, 0.1) is 19.6 Å². The van der Waals surface area contributed by atoms with E-state index in [1.165, 1.54) is 4.90 Å². The monoisotopic (exact) mass is 378 g/mol. The van der Waals surface area contributed by atoms with Gasteiger partial charge in [0.1, 0.15) is 0 Å². The number of hydrogen-bond acceptors (Lipinski definition) is 5. The molecule has 0 spiro atoms. The number of carbonyl (C=O) groups is 3. The number of hydrogen-bond donors (Lipinski definition) is 3. The van der Waals surface area contributed by atoms with E-state index in [0.717, 1.165) is 18.4 Å². The van der Waals surface area contributed by atoms with Crippen molar-refractivity contribution in [2.45, 2.75) is 44.3 Å². The molecule has 1 aromatic rings. The van der Waals surface area contributed by atoms with Crippen LogP contribution < -0.4 is 0 Å². The van der Waals surface area contributed by atoms with Crippen LogP contribution in [0.1, 0.15) is 31.2 Å². The minimum atomic E-state index is -1.09. The Morgan fingerprint density at radius 1 is 0.778 bits per heavy atom. The standard InChI is InChI=1S/C19H26N2O6/c22-17(23)11-20(10-14-6-2-1-3-7-14)15-8-4-5-9-16(15)21(12-18(24)25)13-19(26)27/h1-3,6-7,15-16H,4-5,8-13H2,(H,22,23)(H,24,25)(H,26,27)/t15-,16+/m0/s1. The van der Waals surface area contributed by atoms with Gasteiger partial charge in [-0.2, -0.15) is 0 Å². The summed E-state index contributed by atoms with van der Waals surface area (Å²) in [6.45, 7) is -0.508. The van der Waals surface area contributed by atoms with Crippen LogP contribution in [0.15, 0.2) is 30.3 Å². The summed E-state index contributed by atoms with van der Waals surface area (Å²) in [5, 5.41) is 27.7. The molecule has 3 N–H and O–H groups in total. The summed E-state index contributed by atoms with van der Waals surface area (Å²) in [6.07, 6.45) is 3.12. The van der Waals surface area contributed by atoms with Gasteiger partial charge in [0, 0.05) is 18.6 Å². The molecule has 0 saturated heterocycles. The van der Waals surface area contributed by atoms with Gasteiger partial charge in [-0.3, -0.25) is 24.2 Å². The van der Waals surface area contributed by atoms with Crippen LogP contribution in [0.5, 0.6) is 0 Å². The molecule has 27 heavy (non-hydrogen) atoms. The van der Waals surface area contributed by atoms with Crippen LogP contribution in [0.25, 0.3) is 0 Å². The van der Waals surface area contributed by atoms with Crippen LogP contribution in [0.3, 0.4) is 0 Å². The van der Waals surface area contributed by atoms with Gasteiger partial charge in [-0.25, -0.2) is 0 Å². The Labute approximate surface area is 158 Å². The lowest BCUT2D eigenvalue weighted by molar-refractivity contribution is -0.146. The lowest BCUT2D eigenvalue weighted by atomic mass is 9.87. The van der Waals surface area contributed by atoms with Gasteiger partial charge in [0.25, 0.3) is 0 Å². The minimum Gasteiger partial charge on any atom is -0.480 e. The smallest absolute Gasteiger partial charge is 0.317 e. The molecule has 0 unspecified atom stereocenters. The summed E-state index contributed by atoms with van der Waals surface area (Å²) < 4.78 is 0. The van der Waals surface area contributed by atoms with E-state index in [4.69, 9.17) is 0 Å². The summed E-state index contributed by atoms with van der Waals surface area (Å²) in [5.74, 6) is -3.14. The topological polar surface area (TPSA) is 118 Å². The SMILES string of the molecule is O=C(O)CN(CC(=O)O)[C@@H]1CCCC[C@@H]1N(CC(=O)O)Cc1ccccc1. The zero-order valence-corrected chi connectivity index (χ0v) is 15.2. The molecule has 1 saturated carbocycles. The largest absolute Gasteiger partial charge is 0.480 e. The third kappa shape index (κ3) is 6.65. The number of benzene rings is 1. The van der Waals surface area contributed by atoms with Gasteiger partial charge in [-0.05, 0) is 18.4 Å². The predicted molar refractivity (Wildman–Crippen MR) is 97.4 cm³/mol. The molecule has 8 nitrogen and oxygen atoms in total. The first-order valence-electron chi connectivity index (χ1n) is 9.04. The molecule has 2 atom stereocenters. The van der Waals surface area contributed by atoms with E-state index >= 15 is 0 Å². The Kier molecular flexibility index (Phi) is 7.75. The van der Waals surface area contributed by atoms with Crippen LogP contribution >= 0.6 is 0 Å². The Hall–Kier alpha value is -2.45. The molecule has 0 bridgehead atoms. The van der Waals surface area contributed by atoms with Crippen molar-refractivity contribution in [3.05, 3.63) is 35.9 Å². The number of nitrogens with zero attached hydrogens (tertiary/aromatic N) is 2. The second-order valence-electron chi connectivity index (χ2n) is 6.90. The number of aliphatic carboxylic acids is 3. The highest BCUT2D eigenvalue weighted by Gasteiger charge is 2.36. The second-order valence-corrected chi connectivity index (χ2v) is 6.90. The predicted octanol–water partition coefficient (Wildman–Crippen LogP) is 1.36. The Balaban J connectivity index is 2.26. The van der Waals surface area contributed by atoms with Crippen LogP contribution in [0, 0.1) is 0 Å². The molecule has 0 radical (unpaired) electrons. The van der Waals surface area contributed by atoms with E-state index in [1.807, 2.05) is 35.2 Å². The van der Waals surface area contributed by atoms with E-state index in [9.17, 15) is 29.7 Å². The maximum absolute atomic E-state index is 11.4. The van der Waals surface area contributed by atoms with Gasteiger partial charge in [-0.1, -0.05) is 43.2 Å². The lowest BCUT2D eigenvalue weighted by Crippen LogP contribution is -2.56. The molecule has 1 fully saturated rings. The molecule has 1 aliphatic carbocycles. The van der Waals surface area contributed by atoms with Crippen molar-refractivity contribution in [2.24, 2.45) is 0 Å². The summed E-state index contributed by atoms with van der Waals surface area (Å²) in [6, 6.07) is 8.96. The van der Waals surface area contributed by atoms with Gasteiger partial charge in [-0.15, -0.1) is 0 Å². The molecule has 0 heterocycles. The van der Waals surface area contributed by atoms with Crippen molar-refractivity contribution in [3.63, 3.8) is 0 Å². The Morgan fingerprint density at radius 3 is 1.70 bits per heavy atom. The molecule has 2 rings (SSSR count). The summed E-state index contributed by atoms with van der Waals surface area (Å²) in [7, 11) is 0. The minimum absolute atomic E-state index is 0.177. The highest BCUT2D eigenvalue weighted by atomic mass is 16.4. The van der Waals surface area contributed by atoms with Crippen LogP contribution in [-0.2, 0) is 20.9 Å². The van der Waals surface area contributed by atoms with Crippen LogP contribution in [0.4, 0.5) is 0 Å². The maximum atomic E-state index is 11.4. The third-order valence-electron chi connectivity index (χ3n) is 4.88. The van der Waals surface area contributed by atoms with E-state index in [-0.39, 0.29) is 31.7 Å². The summed E-state index contributed by atoms with van der Waals surface area (Å²) in [5.41, 5.74) is 0.964. The van der Waals surface area contributed by atoms with Crippen molar-refractivity contribution >= 4 is 17.9 Å². The fourth-order valence-electron chi connectivity index (χ4n) is 3.86. The van der Waals surface area contributed by atoms with E-state index in [2.05, 4.69) is 0 Å².